The summed E-state index contributed by atoms with van der Waals surface area (Å²) in [7, 11) is 0. The van der Waals surface area contributed by atoms with Gasteiger partial charge in [-0.1, -0.05) is 39.0 Å². The van der Waals surface area contributed by atoms with E-state index < -0.39 is 0 Å². The molecule has 0 aromatic heterocycles. The van der Waals surface area contributed by atoms with E-state index in [0.29, 0.717) is 16.7 Å². The Morgan fingerprint density at radius 2 is 2.00 bits per heavy atom. The van der Waals surface area contributed by atoms with Crippen LogP contribution in [-0.4, -0.2) is 47.5 Å². The number of rotatable bonds is 4. The van der Waals surface area contributed by atoms with Crippen LogP contribution >= 0.6 is 11.8 Å². The van der Waals surface area contributed by atoms with Gasteiger partial charge >= 0.3 is 0 Å². The van der Waals surface area contributed by atoms with Gasteiger partial charge in [0.05, 0.1) is 6.54 Å². The van der Waals surface area contributed by atoms with Crippen molar-refractivity contribution in [2.24, 2.45) is 10.4 Å². The van der Waals surface area contributed by atoms with Gasteiger partial charge < -0.3 is 5.32 Å². The first kappa shape index (κ1) is 16.2. The lowest BCUT2D eigenvalue weighted by atomic mass is 9.90. The highest BCUT2D eigenvalue weighted by atomic mass is 32.2. The van der Waals surface area contributed by atoms with Crippen LogP contribution in [0.25, 0.3) is 0 Å². The van der Waals surface area contributed by atoms with E-state index in [1.54, 1.807) is 0 Å². The molecule has 0 spiro atoms. The summed E-state index contributed by atoms with van der Waals surface area (Å²) in [6.07, 6.45) is 5.39. The predicted octanol–water partition coefficient (Wildman–Crippen LogP) is 3.36. The number of hydrogen-bond acceptors (Lipinski definition) is 4. The van der Waals surface area contributed by atoms with Crippen LogP contribution in [0.15, 0.2) is 4.99 Å². The molecule has 2 atom stereocenters. The van der Waals surface area contributed by atoms with E-state index >= 15 is 0 Å². The average molecular weight is 298 g/mol. The van der Waals surface area contributed by atoms with Crippen molar-refractivity contribution in [3.05, 3.63) is 0 Å². The molecule has 0 aliphatic carbocycles. The first-order valence-electron chi connectivity index (χ1n) is 8.13. The molecule has 4 heteroatoms. The highest BCUT2D eigenvalue weighted by Gasteiger charge is 2.25. The molecule has 0 saturated carbocycles. The van der Waals surface area contributed by atoms with Gasteiger partial charge in [0.25, 0.3) is 0 Å². The van der Waals surface area contributed by atoms with Crippen LogP contribution in [0.2, 0.25) is 0 Å². The largest absolute Gasteiger partial charge is 0.363 e. The molecule has 0 bridgehead atoms. The summed E-state index contributed by atoms with van der Waals surface area (Å²) in [6.45, 7) is 13.9. The molecule has 2 aliphatic rings. The van der Waals surface area contributed by atoms with E-state index in [9.17, 15) is 0 Å². The third-order valence-electron chi connectivity index (χ3n) is 4.12. The maximum atomic E-state index is 4.67. The van der Waals surface area contributed by atoms with Gasteiger partial charge in [0.15, 0.2) is 5.17 Å². The zero-order valence-electron chi connectivity index (χ0n) is 13.6. The lowest BCUT2D eigenvalue weighted by molar-refractivity contribution is 0.175. The third-order valence-corrected chi connectivity index (χ3v) is 5.27. The van der Waals surface area contributed by atoms with Crippen molar-refractivity contribution in [1.82, 2.24) is 10.2 Å². The van der Waals surface area contributed by atoms with Gasteiger partial charge in [-0.3, -0.25) is 9.89 Å². The summed E-state index contributed by atoms with van der Waals surface area (Å²) in [4.78, 5) is 7.28. The van der Waals surface area contributed by atoms with Gasteiger partial charge in [-0.15, -0.1) is 0 Å². The zero-order chi connectivity index (χ0) is 14.6. The average Bonchev–Trinajstić information content (AvgIpc) is 2.82. The third kappa shape index (κ3) is 5.28. The summed E-state index contributed by atoms with van der Waals surface area (Å²) in [5.41, 5.74) is 0.406. The fourth-order valence-electron chi connectivity index (χ4n) is 3.03. The number of nitrogens with zero attached hydrogens (tertiary/aromatic N) is 2. The minimum absolute atomic E-state index is 0.406. The molecule has 2 aliphatic heterocycles. The summed E-state index contributed by atoms with van der Waals surface area (Å²) in [5, 5.41) is 5.40. The number of likely N-dealkylation sites (tertiary alicyclic amines) is 1. The molecule has 1 N–H and O–H groups in total. The normalized spacial score (nSPS) is 26.4. The molecule has 1 saturated heterocycles. The first-order chi connectivity index (χ1) is 9.44. The smallest absolute Gasteiger partial charge is 0.156 e. The van der Waals surface area contributed by atoms with Crippen molar-refractivity contribution in [2.75, 3.05) is 26.2 Å². The van der Waals surface area contributed by atoms with E-state index in [4.69, 9.17) is 0 Å². The maximum absolute atomic E-state index is 4.67. The van der Waals surface area contributed by atoms with Gasteiger partial charge in [-0.05, 0) is 44.7 Å². The molecule has 0 amide bonds. The molecular formula is C16H31N3S. The number of aliphatic imine (C=N–C) groups is 1. The summed E-state index contributed by atoms with van der Waals surface area (Å²) in [6, 6.07) is 0.625. The monoisotopic (exact) mass is 297 g/mol. The van der Waals surface area contributed by atoms with Crippen molar-refractivity contribution in [3.63, 3.8) is 0 Å². The van der Waals surface area contributed by atoms with E-state index in [1.807, 2.05) is 11.8 Å². The number of amidine groups is 1. The van der Waals surface area contributed by atoms with Crippen LogP contribution in [0.1, 0.15) is 53.4 Å². The molecule has 116 valence electrons. The standard InChI is InChI=1S/C16H31N3S/c1-13(19-8-6-5-7-9-19)11-17-15-18-12-14(20-15)10-16(2,3)4/h13-14H,5-12H2,1-4H3,(H,17,18). The van der Waals surface area contributed by atoms with E-state index in [1.165, 1.54) is 43.9 Å². The molecule has 0 aromatic rings. The lowest BCUT2D eigenvalue weighted by Crippen LogP contribution is -2.43. The van der Waals surface area contributed by atoms with Crippen molar-refractivity contribution >= 4 is 16.9 Å². The van der Waals surface area contributed by atoms with Crippen LogP contribution in [0.3, 0.4) is 0 Å². The predicted molar refractivity (Wildman–Crippen MR) is 90.6 cm³/mol. The van der Waals surface area contributed by atoms with Crippen molar-refractivity contribution in [2.45, 2.75) is 64.7 Å². The topological polar surface area (TPSA) is 27.6 Å². The second kappa shape index (κ2) is 7.17. The minimum Gasteiger partial charge on any atom is -0.363 e. The van der Waals surface area contributed by atoms with Crippen LogP contribution < -0.4 is 5.32 Å². The molecule has 3 nitrogen and oxygen atoms in total. The molecule has 20 heavy (non-hydrogen) atoms. The zero-order valence-corrected chi connectivity index (χ0v) is 14.4. The highest BCUT2D eigenvalue weighted by molar-refractivity contribution is 8.14. The molecule has 1 fully saturated rings. The maximum Gasteiger partial charge on any atom is 0.156 e. The van der Waals surface area contributed by atoms with Gasteiger partial charge in [-0.25, -0.2) is 0 Å². The first-order valence-corrected chi connectivity index (χ1v) is 9.01. The second-order valence-corrected chi connectivity index (χ2v) is 8.77. The second-order valence-electron chi connectivity index (χ2n) is 7.48. The Balaban J connectivity index is 1.67. The minimum atomic E-state index is 0.406. The van der Waals surface area contributed by atoms with Gasteiger partial charge in [0, 0.05) is 17.8 Å². The van der Waals surface area contributed by atoms with Crippen molar-refractivity contribution < 1.29 is 0 Å². The van der Waals surface area contributed by atoms with Crippen LogP contribution in [0, 0.1) is 5.41 Å². The number of thioether (sulfide) groups is 1. The van der Waals surface area contributed by atoms with E-state index in [2.05, 4.69) is 42.9 Å². The fourth-order valence-corrected chi connectivity index (χ4v) is 4.39. The quantitative estimate of drug-likeness (QED) is 0.862. The Labute approximate surface area is 129 Å². The van der Waals surface area contributed by atoms with Crippen molar-refractivity contribution in [1.29, 1.82) is 0 Å². The number of hydrogen-bond donors (Lipinski definition) is 1. The Bertz CT molecular complexity index is 329. The number of nitrogens with one attached hydrogen (secondary N) is 1. The summed E-state index contributed by atoms with van der Waals surface area (Å²) in [5.74, 6) is 0. The Kier molecular flexibility index (Phi) is 5.79. The van der Waals surface area contributed by atoms with Gasteiger partial charge in [0.2, 0.25) is 0 Å². The van der Waals surface area contributed by atoms with E-state index in [0.717, 1.165) is 13.1 Å². The summed E-state index contributed by atoms with van der Waals surface area (Å²) >= 11 is 1.95. The van der Waals surface area contributed by atoms with Crippen LogP contribution in [-0.2, 0) is 0 Å². The van der Waals surface area contributed by atoms with Crippen molar-refractivity contribution in [3.8, 4) is 0 Å². The Hall–Kier alpha value is -0.220. The van der Waals surface area contributed by atoms with Gasteiger partial charge in [-0.2, -0.15) is 0 Å². The highest BCUT2D eigenvalue weighted by Crippen LogP contribution is 2.31. The summed E-state index contributed by atoms with van der Waals surface area (Å²) < 4.78 is 0. The molecule has 2 unspecified atom stereocenters. The molecule has 0 radical (unpaired) electrons. The Morgan fingerprint density at radius 1 is 1.30 bits per heavy atom. The molecular weight excluding hydrogens is 266 g/mol. The molecule has 2 rings (SSSR count). The number of piperidine rings is 1. The lowest BCUT2D eigenvalue weighted by Gasteiger charge is -2.32. The van der Waals surface area contributed by atoms with Crippen LogP contribution in [0.4, 0.5) is 0 Å². The fraction of sp³-hybridized carbons (Fsp3) is 0.938. The van der Waals surface area contributed by atoms with Crippen LogP contribution in [0.5, 0.6) is 0 Å². The SMILES string of the molecule is CC(CNC1=NCC(CC(C)(C)C)S1)N1CCCCC1. The van der Waals surface area contributed by atoms with E-state index in [-0.39, 0.29) is 0 Å². The Morgan fingerprint density at radius 3 is 2.65 bits per heavy atom. The molecule has 2 heterocycles. The van der Waals surface area contributed by atoms with Gasteiger partial charge in [0.1, 0.15) is 0 Å². The molecule has 0 aromatic carbocycles.